The van der Waals surface area contributed by atoms with Gasteiger partial charge < -0.3 is 29.1 Å². The predicted octanol–water partition coefficient (Wildman–Crippen LogP) is 3.52. The number of carbonyl (C=O) groups is 3. The average molecular weight is 581 g/mol. The summed E-state index contributed by atoms with van der Waals surface area (Å²) in [6, 6.07) is 6.94. The molecule has 2 aromatic rings. The highest BCUT2D eigenvalue weighted by Crippen LogP contribution is 2.47. The number of ether oxygens (including phenoxy) is 3. The summed E-state index contributed by atoms with van der Waals surface area (Å²) >= 11 is 0. The van der Waals surface area contributed by atoms with Crippen molar-refractivity contribution in [3.63, 3.8) is 0 Å². The van der Waals surface area contributed by atoms with Crippen LogP contribution in [-0.2, 0) is 14.4 Å². The first kappa shape index (κ1) is 29.6. The van der Waals surface area contributed by atoms with Gasteiger partial charge in [-0.3, -0.25) is 24.3 Å². The first-order valence-corrected chi connectivity index (χ1v) is 14.8. The molecule has 5 rings (SSSR count). The van der Waals surface area contributed by atoms with E-state index in [2.05, 4.69) is 11.9 Å². The lowest BCUT2D eigenvalue weighted by molar-refractivity contribution is -0.143. The molecule has 0 saturated carbocycles. The first-order chi connectivity index (χ1) is 20.4. The number of nitrogens with zero attached hydrogens (tertiary/aromatic N) is 4. The summed E-state index contributed by atoms with van der Waals surface area (Å²) in [4.78, 5) is 48.8. The van der Waals surface area contributed by atoms with Crippen LogP contribution in [0.3, 0.4) is 0 Å². The van der Waals surface area contributed by atoms with Crippen molar-refractivity contribution in [1.82, 2.24) is 14.8 Å². The quantitative estimate of drug-likeness (QED) is 0.379. The molecular weight excluding hydrogens is 540 g/mol. The normalized spacial score (nSPS) is 21.6. The molecule has 3 atom stereocenters. The van der Waals surface area contributed by atoms with Crippen LogP contribution >= 0.6 is 0 Å². The fourth-order valence-electron chi connectivity index (χ4n) is 6.47. The van der Waals surface area contributed by atoms with Gasteiger partial charge in [0.1, 0.15) is 0 Å². The number of benzene rings is 1. The number of pyridine rings is 1. The van der Waals surface area contributed by atoms with Crippen molar-refractivity contribution in [1.29, 1.82) is 0 Å². The summed E-state index contributed by atoms with van der Waals surface area (Å²) in [6.07, 6.45) is 7.76. The molecule has 1 unspecified atom stereocenters. The van der Waals surface area contributed by atoms with Gasteiger partial charge in [0.15, 0.2) is 11.5 Å². The Hall–Kier alpha value is -3.86. The van der Waals surface area contributed by atoms with E-state index in [-0.39, 0.29) is 25.2 Å². The third-order valence-electron chi connectivity index (χ3n) is 8.57. The highest BCUT2D eigenvalue weighted by atomic mass is 16.7. The highest BCUT2D eigenvalue weighted by molar-refractivity contribution is 5.94. The molecule has 2 fully saturated rings. The lowest BCUT2D eigenvalue weighted by Crippen LogP contribution is -2.44. The predicted molar refractivity (Wildman–Crippen MR) is 155 cm³/mol. The fraction of sp³-hybridized carbons (Fsp3) is 0.548. The third kappa shape index (κ3) is 6.30. The van der Waals surface area contributed by atoms with Gasteiger partial charge >= 0.3 is 5.97 Å². The van der Waals surface area contributed by atoms with Crippen molar-refractivity contribution in [2.45, 2.75) is 57.4 Å². The summed E-state index contributed by atoms with van der Waals surface area (Å²) in [5.74, 6) is -0.503. The Balaban J connectivity index is 1.43. The number of likely N-dealkylation sites (tertiary alicyclic amines) is 2. The Morgan fingerprint density at radius 2 is 2.10 bits per heavy atom. The van der Waals surface area contributed by atoms with Gasteiger partial charge in [-0.1, -0.05) is 13.3 Å². The molecule has 42 heavy (non-hydrogen) atoms. The molecule has 1 aromatic heterocycles. The molecule has 226 valence electrons. The number of methoxy groups -OCH3 is 1. The second-order valence-electron chi connectivity index (χ2n) is 11.2. The molecular formula is C31H40N4O7. The van der Waals surface area contributed by atoms with E-state index in [1.54, 1.807) is 24.4 Å². The van der Waals surface area contributed by atoms with Gasteiger partial charge in [0, 0.05) is 50.8 Å². The number of carboxylic acid groups (broad SMARTS) is 1. The van der Waals surface area contributed by atoms with Crippen molar-refractivity contribution < 1.29 is 33.7 Å². The molecule has 0 bridgehead atoms. The Bertz CT molecular complexity index is 1270. The zero-order chi connectivity index (χ0) is 29.6. The molecule has 0 radical (unpaired) electrons. The van der Waals surface area contributed by atoms with Gasteiger partial charge in [-0.2, -0.15) is 0 Å². The van der Waals surface area contributed by atoms with Crippen LogP contribution in [0.1, 0.15) is 56.9 Å². The van der Waals surface area contributed by atoms with Gasteiger partial charge in [0.2, 0.25) is 24.4 Å². The second-order valence-corrected chi connectivity index (χ2v) is 11.2. The van der Waals surface area contributed by atoms with Gasteiger partial charge in [-0.05, 0) is 55.5 Å². The third-order valence-corrected chi connectivity index (χ3v) is 8.57. The van der Waals surface area contributed by atoms with Gasteiger partial charge in [0.25, 0.3) is 0 Å². The molecule has 2 amide bonds. The minimum absolute atomic E-state index is 0.0720. The molecule has 3 aliphatic heterocycles. The summed E-state index contributed by atoms with van der Waals surface area (Å²) in [6.45, 7) is 4.50. The van der Waals surface area contributed by atoms with Crippen LogP contribution in [0.2, 0.25) is 0 Å². The number of aromatic nitrogens is 1. The maximum Gasteiger partial charge on any atom is 0.308 e. The second kappa shape index (κ2) is 13.4. The molecule has 3 aliphatic rings. The monoisotopic (exact) mass is 580 g/mol. The maximum absolute atomic E-state index is 13.9. The van der Waals surface area contributed by atoms with E-state index in [1.165, 1.54) is 0 Å². The number of anilines is 1. The van der Waals surface area contributed by atoms with Crippen LogP contribution in [0.4, 0.5) is 5.69 Å². The van der Waals surface area contributed by atoms with Gasteiger partial charge in [0.05, 0.1) is 31.5 Å². The number of hydrogen-bond donors (Lipinski definition) is 1. The minimum Gasteiger partial charge on any atom is -0.493 e. The average Bonchev–Trinajstić information content (AvgIpc) is 3.72. The number of carboxylic acids is 1. The topological polar surface area (TPSA) is 122 Å². The number of hydrogen-bond acceptors (Lipinski definition) is 8. The van der Waals surface area contributed by atoms with Crippen molar-refractivity contribution in [2.24, 2.45) is 5.92 Å². The fourth-order valence-corrected chi connectivity index (χ4v) is 6.47. The molecule has 11 heteroatoms. The molecule has 0 aliphatic carbocycles. The van der Waals surface area contributed by atoms with Crippen LogP contribution in [0.25, 0.3) is 0 Å². The number of unbranched alkanes of at least 4 members (excludes halogenated alkanes) is 1. The van der Waals surface area contributed by atoms with Crippen molar-refractivity contribution in [2.75, 3.05) is 51.5 Å². The maximum atomic E-state index is 13.9. The molecule has 11 nitrogen and oxygen atoms in total. The first-order valence-electron chi connectivity index (χ1n) is 14.8. The number of aliphatic carboxylic acids is 1. The Morgan fingerprint density at radius 3 is 2.79 bits per heavy atom. The van der Waals surface area contributed by atoms with E-state index >= 15 is 0 Å². The SMILES string of the molecule is CCCCN(C(=O)CN1C[C@H](c2cc(OC)c3c(c2)OCO3)C(C(=O)O)[C@@H]1CCCN1CCCC1=O)c1cccnc1. The van der Waals surface area contributed by atoms with Crippen LogP contribution in [0.5, 0.6) is 17.2 Å². The summed E-state index contributed by atoms with van der Waals surface area (Å²) in [7, 11) is 1.54. The molecule has 4 heterocycles. The van der Waals surface area contributed by atoms with E-state index in [0.717, 1.165) is 37.1 Å². The van der Waals surface area contributed by atoms with Crippen molar-refractivity contribution in [3.8, 4) is 17.2 Å². The van der Waals surface area contributed by atoms with Crippen LogP contribution < -0.4 is 19.1 Å². The van der Waals surface area contributed by atoms with E-state index in [0.29, 0.717) is 56.1 Å². The van der Waals surface area contributed by atoms with Gasteiger partial charge in [-0.15, -0.1) is 0 Å². The van der Waals surface area contributed by atoms with Crippen LogP contribution in [-0.4, -0.2) is 90.3 Å². The Morgan fingerprint density at radius 1 is 1.24 bits per heavy atom. The van der Waals surface area contributed by atoms with E-state index in [9.17, 15) is 19.5 Å². The smallest absolute Gasteiger partial charge is 0.308 e. The minimum atomic E-state index is -0.913. The Kier molecular flexibility index (Phi) is 9.46. The van der Waals surface area contributed by atoms with E-state index < -0.39 is 23.8 Å². The van der Waals surface area contributed by atoms with Crippen LogP contribution in [0, 0.1) is 5.92 Å². The number of carbonyl (C=O) groups excluding carboxylic acids is 2. The highest BCUT2D eigenvalue weighted by Gasteiger charge is 2.47. The van der Waals surface area contributed by atoms with Gasteiger partial charge in [-0.25, -0.2) is 0 Å². The standard InChI is InChI=1S/C31H40N4O7/c1-3-4-14-35(22-8-5-11-32-17-22)28(37)19-34-18-23(21-15-25(40-2)30-26(16-21)41-20-42-30)29(31(38)39)24(34)9-6-12-33-13-7-10-27(33)36/h5,8,11,15-17,23-24,29H,3-4,6-7,9-10,12-14,18-20H2,1-2H3,(H,38,39)/t23-,24+,29?/m1/s1. The van der Waals surface area contributed by atoms with Crippen LogP contribution in [0.15, 0.2) is 36.7 Å². The van der Waals surface area contributed by atoms with E-state index in [1.807, 2.05) is 34.1 Å². The van der Waals surface area contributed by atoms with E-state index in [4.69, 9.17) is 14.2 Å². The zero-order valence-corrected chi connectivity index (χ0v) is 24.4. The summed E-state index contributed by atoms with van der Waals surface area (Å²) in [5.41, 5.74) is 1.50. The Labute approximate surface area is 246 Å². The number of rotatable bonds is 13. The molecule has 1 aromatic carbocycles. The van der Waals surface area contributed by atoms with Crippen molar-refractivity contribution >= 4 is 23.5 Å². The lowest BCUT2D eigenvalue weighted by atomic mass is 9.83. The summed E-state index contributed by atoms with van der Waals surface area (Å²) < 4.78 is 16.7. The largest absolute Gasteiger partial charge is 0.493 e. The molecule has 2 saturated heterocycles. The number of amides is 2. The lowest BCUT2D eigenvalue weighted by Gasteiger charge is -2.30. The molecule has 0 spiro atoms. The number of fused-ring (bicyclic) bond motifs is 1. The molecule has 1 N–H and O–H groups in total. The summed E-state index contributed by atoms with van der Waals surface area (Å²) in [5, 5.41) is 10.6. The van der Waals surface area contributed by atoms with Crippen molar-refractivity contribution in [3.05, 3.63) is 42.2 Å². The zero-order valence-electron chi connectivity index (χ0n) is 24.4.